The highest BCUT2D eigenvalue weighted by Crippen LogP contribution is 2.28. The predicted octanol–water partition coefficient (Wildman–Crippen LogP) is 4.18. The maximum Gasteiger partial charge on any atom is 0.258 e. The topological polar surface area (TPSA) is 41.6 Å². The Labute approximate surface area is 173 Å². The second-order valence-corrected chi connectivity index (χ2v) is 7.89. The van der Waals surface area contributed by atoms with Crippen molar-refractivity contribution in [3.63, 3.8) is 0 Å². The van der Waals surface area contributed by atoms with Gasteiger partial charge in [-0.15, -0.1) is 0 Å². The van der Waals surface area contributed by atoms with Crippen molar-refractivity contribution in [3.8, 4) is 5.75 Å². The molecule has 4 rings (SSSR count). The fraction of sp³-hybridized carbons (Fsp3) is 0.261. The van der Waals surface area contributed by atoms with Gasteiger partial charge < -0.3 is 10.1 Å². The molecule has 0 bridgehead atoms. The SMILES string of the molecule is O=C(COc1cccc(F)c1)NCC(c1ccsc1)N1CCc2ccccc2C1. The van der Waals surface area contributed by atoms with Crippen molar-refractivity contribution in [1.82, 2.24) is 10.2 Å². The van der Waals surface area contributed by atoms with Gasteiger partial charge in [0.05, 0.1) is 6.04 Å². The third kappa shape index (κ3) is 5.02. The van der Waals surface area contributed by atoms with E-state index in [0.717, 1.165) is 19.5 Å². The number of benzene rings is 2. The number of carbonyl (C=O) groups is 1. The molecule has 150 valence electrons. The van der Waals surface area contributed by atoms with Crippen LogP contribution in [0.4, 0.5) is 4.39 Å². The molecular weight excluding hydrogens is 387 g/mol. The van der Waals surface area contributed by atoms with E-state index < -0.39 is 0 Å². The highest BCUT2D eigenvalue weighted by molar-refractivity contribution is 7.07. The number of fused-ring (bicyclic) bond motifs is 1. The Morgan fingerprint density at radius 1 is 1.17 bits per heavy atom. The van der Waals surface area contributed by atoms with Crippen molar-refractivity contribution in [2.24, 2.45) is 0 Å². The minimum absolute atomic E-state index is 0.104. The van der Waals surface area contributed by atoms with E-state index in [2.05, 4.69) is 51.3 Å². The molecule has 2 aromatic carbocycles. The van der Waals surface area contributed by atoms with Crippen LogP contribution in [0, 0.1) is 5.82 Å². The molecular formula is C23H23FN2O2S. The van der Waals surface area contributed by atoms with E-state index >= 15 is 0 Å². The van der Waals surface area contributed by atoms with Crippen LogP contribution in [0.2, 0.25) is 0 Å². The zero-order valence-electron chi connectivity index (χ0n) is 16.0. The van der Waals surface area contributed by atoms with Crippen LogP contribution >= 0.6 is 11.3 Å². The van der Waals surface area contributed by atoms with Gasteiger partial charge in [0, 0.05) is 25.7 Å². The summed E-state index contributed by atoms with van der Waals surface area (Å²) in [6.07, 6.45) is 1.01. The number of nitrogens with zero attached hydrogens (tertiary/aromatic N) is 1. The van der Waals surface area contributed by atoms with Gasteiger partial charge in [-0.05, 0) is 52.1 Å². The Morgan fingerprint density at radius 3 is 2.83 bits per heavy atom. The van der Waals surface area contributed by atoms with E-state index in [-0.39, 0.29) is 24.4 Å². The lowest BCUT2D eigenvalue weighted by Crippen LogP contribution is -2.41. The minimum Gasteiger partial charge on any atom is -0.484 e. The van der Waals surface area contributed by atoms with Crippen molar-refractivity contribution in [1.29, 1.82) is 0 Å². The monoisotopic (exact) mass is 410 g/mol. The summed E-state index contributed by atoms with van der Waals surface area (Å²) >= 11 is 1.66. The van der Waals surface area contributed by atoms with Gasteiger partial charge in [-0.3, -0.25) is 9.69 Å². The van der Waals surface area contributed by atoms with E-state index in [1.54, 1.807) is 23.5 Å². The number of hydrogen-bond acceptors (Lipinski definition) is 4. The number of nitrogens with one attached hydrogen (secondary N) is 1. The van der Waals surface area contributed by atoms with Crippen molar-refractivity contribution >= 4 is 17.2 Å². The Hall–Kier alpha value is -2.70. The van der Waals surface area contributed by atoms with Crippen LogP contribution in [0.1, 0.15) is 22.7 Å². The lowest BCUT2D eigenvalue weighted by atomic mass is 9.97. The highest BCUT2D eigenvalue weighted by atomic mass is 32.1. The molecule has 0 fully saturated rings. The van der Waals surface area contributed by atoms with Crippen LogP contribution in [0.25, 0.3) is 0 Å². The largest absolute Gasteiger partial charge is 0.484 e. The molecule has 29 heavy (non-hydrogen) atoms. The number of halogens is 1. The van der Waals surface area contributed by atoms with Gasteiger partial charge in [0.1, 0.15) is 11.6 Å². The van der Waals surface area contributed by atoms with Gasteiger partial charge >= 0.3 is 0 Å². The normalized spacial score (nSPS) is 14.8. The molecule has 1 aliphatic rings. The smallest absolute Gasteiger partial charge is 0.258 e. The first-order valence-electron chi connectivity index (χ1n) is 9.67. The Morgan fingerprint density at radius 2 is 2.03 bits per heavy atom. The van der Waals surface area contributed by atoms with Gasteiger partial charge in [-0.2, -0.15) is 11.3 Å². The molecule has 0 saturated heterocycles. The average Bonchev–Trinajstić information content (AvgIpc) is 3.27. The number of hydrogen-bond donors (Lipinski definition) is 1. The maximum absolute atomic E-state index is 13.2. The van der Waals surface area contributed by atoms with Crippen LogP contribution in [0.15, 0.2) is 65.4 Å². The third-order valence-corrected chi connectivity index (χ3v) is 5.89. The lowest BCUT2D eigenvalue weighted by molar-refractivity contribution is -0.123. The third-order valence-electron chi connectivity index (χ3n) is 5.19. The molecule has 0 radical (unpaired) electrons. The standard InChI is InChI=1S/C23H23FN2O2S/c24-20-6-3-7-21(12-20)28-15-23(27)25-13-22(19-9-11-29-16-19)26-10-8-17-4-1-2-5-18(17)14-26/h1-7,9,11-12,16,22H,8,10,13-15H2,(H,25,27). The lowest BCUT2D eigenvalue weighted by Gasteiger charge is -2.35. The summed E-state index contributed by atoms with van der Waals surface area (Å²) in [6, 6.07) is 16.6. The minimum atomic E-state index is -0.384. The quantitative estimate of drug-likeness (QED) is 0.635. The number of thiophene rings is 1. The molecule has 1 aromatic heterocycles. The van der Waals surface area contributed by atoms with E-state index in [0.29, 0.717) is 12.3 Å². The molecule has 2 heterocycles. The number of carbonyl (C=O) groups excluding carboxylic acids is 1. The zero-order valence-corrected chi connectivity index (χ0v) is 16.8. The molecule has 0 saturated carbocycles. The predicted molar refractivity (Wildman–Crippen MR) is 113 cm³/mol. The summed E-state index contributed by atoms with van der Waals surface area (Å²) in [4.78, 5) is 14.7. The average molecular weight is 411 g/mol. The molecule has 1 unspecified atom stereocenters. The Kier molecular flexibility index (Phi) is 6.22. The molecule has 3 aromatic rings. The van der Waals surface area contributed by atoms with Crippen LogP contribution in [0.5, 0.6) is 5.75 Å². The maximum atomic E-state index is 13.2. The van der Waals surface area contributed by atoms with Gasteiger partial charge in [0.2, 0.25) is 0 Å². The second kappa shape index (κ2) is 9.20. The van der Waals surface area contributed by atoms with E-state index in [1.165, 1.54) is 28.8 Å². The van der Waals surface area contributed by atoms with Gasteiger partial charge in [-0.25, -0.2) is 4.39 Å². The summed E-state index contributed by atoms with van der Waals surface area (Å²) in [7, 11) is 0. The van der Waals surface area contributed by atoms with Gasteiger partial charge in [-0.1, -0.05) is 30.3 Å². The van der Waals surface area contributed by atoms with E-state index in [4.69, 9.17) is 4.74 Å². The number of rotatable bonds is 7. The van der Waals surface area contributed by atoms with E-state index in [1.807, 2.05) is 0 Å². The van der Waals surface area contributed by atoms with E-state index in [9.17, 15) is 9.18 Å². The molecule has 4 nitrogen and oxygen atoms in total. The van der Waals surface area contributed by atoms with Gasteiger partial charge in [0.15, 0.2) is 6.61 Å². The zero-order chi connectivity index (χ0) is 20.1. The molecule has 1 N–H and O–H groups in total. The molecule has 0 aliphatic carbocycles. The number of ether oxygens (including phenoxy) is 1. The van der Waals surface area contributed by atoms with Crippen LogP contribution in [0.3, 0.4) is 0 Å². The highest BCUT2D eigenvalue weighted by Gasteiger charge is 2.25. The first kappa shape index (κ1) is 19.6. The fourth-order valence-electron chi connectivity index (χ4n) is 3.67. The molecule has 6 heteroatoms. The summed E-state index contributed by atoms with van der Waals surface area (Å²) in [5, 5.41) is 7.19. The first-order valence-corrected chi connectivity index (χ1v) is 10.6. The Bertz CT molecular complexity index is 961. The molecule has 1 aliphatic heterocycles. The van der Waals surface area contributed by atoms with Crippen LogP contribution < -0.4 is 10.1 Å². The summed E-state index contributed by atoms with van der Waals surface area (Å²) in [6.45, 7) is 2.19. The van der Waals surface area contributed by atoms with Gasteiger partial charge in [0.25, 0.3) is 5.91 Å². The van der Waals surface area contributed by atoms with Crippen molar-refractivity contribution in [2.75, 3.05) is 19.7 Å². The summed E-state index contributed by atoms with van der Waals surface area (Å²) in [5.41, 5.74) is 3.96. The van der Waals surface area contributed by atoms with Crippen molar-refractivity contribution < 1.29 is 13.9 Å². The second-order valence-electron chi connectivity index (χ2n) is 7.11. The van der Waals surface area contributed by atoms with Crippen LogP contribution in [-0.4, -0.2) is 30.5 Å². The first-order chi connectivity index (χ1) is 14.2. The summed E-state index contributed by atoms with van der Waals surface area (Å²) < 4.78 is 18.6. The van der Waals surface area contributed by atoms with Crippen molar-refractivity contribution in [2.45, 2.75) is 19.0 Å². The molecule has 1 atom stereocenters. The Balaban J connectivity index is 1.37. The fourth-order valence-corrected chi connectivity index (χ4v) is 4.38. The molecule has 0 spiro atoms. The van der Waals surface area contributed by atoms with Crippen molar-refractivity contribution in [3.05, 3.63) is 87.9 Å². The molecule has 1 amide bonds. The summed E-state index contributed by atoms with van der Waals surface area (Å²) in [5.74, 6) is -0.250. The number of amides is 1. The van der Waals surface area contributed by atoms with Crippen LogP contribution in [-0.2, 0) is 17.8 Å².